The second-order valence-electron chi connectivity index (χ2n) is 4.06. The normalized spacial score (nSPS) is 10.6. The molecular formula is C15H12ClFN2O2. The Labute approximate surface area is 126 Å². The van der Waals surface area contributed by atoms with E-state index in [4.69, 9.17) is 16.3 Å². The fourth-order valence-electron chi connectivity index (χ4n) is 1.49. The second kappa shape index (κ2) is 7.40. The van der Waals surface area contributed by atoms with Crippen molar-refractivity contribution in [2.75, 3.05) is 6.61 Å². The Kier molecular flexibility index (Phi) is 5.29. The first-order chi connectivity index (χ1) is 10.1. The summed E-state index contributed by atoms with van der Waals surface area (Å²) < 4.78 is 18.5. The zero-order valence-corrected chi connectivity index (χ0v) is 11.7. The molecule has 0 aliphatic carbocycles. The molecule has 0 heterocycles. The third-order valence-corrected chi connectivity index (χ3v) is 2.70. The van der Waals surface area contributed by atoms with Crippen LogP contribution >= 0.6 is 11.6 Å². The summed E-state index contributed by atoms with van der Waals surface area (Å²) in [6.45, 7) is -0.213. The highest BCUT2D eigenvalue weighted by molar-refractivity contribution is 6.30. The number of amides is 1. The smallest absolute Gasteiger partial charge is 0.277 e. The minimum Gasteiger partial charge on any atom is -0.484 e. The van der Waals surface area contributed by atoms with Crippen molar-refractivity contribution >= 4 is 23.7 Å². The van der Waals surface area contributed by atoms with Crippen molar-refractivity contribution in [2.45, 2.75) is 0 Å². The first-order valence-electron chi connectivity index (χ1n) is 6.10. The van der Waals surface area contributed by atoms with Gasteiger partial charge in [-0.05, 0) is 24.3 Å². The molecule has 0 saturated heterocycles. The molecular weight excluding hydrogens is 295 g/mol. The van der Waals surface area contributed by atoms with Crippen molar-refractivity contribution < 1.29 is 13.9 Å². The van der Waals surface area contributed by atoms with Gasteiger partial charge >= 0.3 is 0 Å². The first-order valence-corrected chi connectivity index (χ1v) is 6.48. The van der Waals surface area contributed by atoms with Crippen molar-refractivity contribution in [3.05, 3.63) is 64.9 Å². The Morgan fingerprint density at radius 3 is 2.86 bits per heavy atom. The molecule has 2 aromatic carbocycles. The molecule has 0 saturated carbocycles. The Hall–Kier alpha value is -2.40. The summed E-state index contributed by atoms with van der Waals surface area (Å²) >= 11 is 5.79. The lowest BCUT2D eigenvalue weighted by atomic mass is 10.2. The summed E-state index contributed by atoms with van der Waals surface area (Å²) in [6.07, 6.45) is 1.23. The topological polar surface area (TPSA) is 50.7 Å². The van der Waals surface area contributed by atoms with E-state index in [0.29, 0.717) is 10.8 Å². The molecule has 0 unspecified atom stereocenters. The molecule has 0 aromatic heterocycles. The van der Waals surface area contributed by atoms with Gasteiger partial charge in [-0.25, -0.2) is 9.82 Å². The van der Waals surface area contributed by atoms with Gasteiger partial charge in [0.05, 0.1) is 6.21 Å². The zero-order valence-electron chi connectivity index (χ0n) is 10.9. The standard InChI is InChI=1S/C15H12ClFN2O2/c16-12-5-3-6-13(8-12)21-10-15(20)19-18-9-11-4-1-2-7-14(11)17/h1-9H,10H2,(H,19,20). The number of halogens is 2. The molecule has 4 nitrogen and oxygen atoms in total. The minimum absolute atomic E-state index is 0.213. The Morgan fingerprint density at radius 2 is 2.10 bits per heavy atom. The predicted octanol–water partition coefficient (Wildman–Crippen LogP) is 3.01. The second-order valence-corrected chi connectivity index (χ2v) is 4.50. The number of hydrogen-bond donors (Lipinski definition) is 1. The van der Waals surface area contributed by atoms with Crippen molar-refractivity contribution in [3.63, 3.8) is 0 Å². The van der Waals surface area contributed by atoms with Gasteiger partial charge in [0.25, 0.3) is 5.91 Å². The number of rotatable bonds is 5. The highest BCUT2D eigenvalue weighted by Gasteiger charge is 2.02. The van der Waals surface area contributed by atoms with E-state index in [1.165, 1.54) is 12.3 Å². The summed E-state index contributed by atoms with van der Waals surface area (Å²) in [5.41, 5.74) is 2.53. The molecule has 0 aliphatic heterocycles. The fraction of sp³-hybridized carbons (Fsp3) is 0.0667. The van der Waals surface area contributed by atoms with E-state index in [1.807, 2.05) is 0 Å². The van der Waals surface area contributed by atoms with Crippen LogP contribution in [0.4, 0.5) is 4.39 Å². The largest absolute Gasteiger partial charge is 0.484 e. The molecule has 0 radical (unpaired) electrons. The lowest BCUT2D eigenvalue weighted by Crippen LogP contribution is -2.24. The lowest BCUT2D eigenvalue weighted by molar-refractivity contribution is -0.123. The molecule has 2 rings (SSSR count). The zero-order chi connectivity index (χ0) is 15.1. The van der Waals surface area contributed by atoms with Gasteiger partial charge < -0.3 is 4.74 Å². The Bertz CT molecular complexity index is 662. The number of benzene rings is 2. The van der Waals surface area contributed by atoms with Crippen LogP contribution in [0.1, 0.15) is 5.56 Å². The number of hydrogen-bond acceptors (Lipinski definition) is 3. The SMILES string of the molecule is O=C(COc1cccc(Cl)c1)NN=Cc1ccccc1F. The predicted molar refractivity (Wildman–Crippen MR) is 79.1 cm³/mol. The maximum absolute atomic E-state index is 13.3. The van der Waals surface area contributed by atoms with Gasteiger partial charge in [-0.3, -0.25) is 4.79 Å². The highest BCUT2D eigenvalue weighted by atomic mass is 35.5. The number of ether oxygens (including phenoxy) is 1. The number of nitrogens with one attached hydrogen (secondary N) is 1. The maximum Gasteiger partial charge on any atom is 0.277 e. The van der Waals surface area contributed by atoms with E-state index in [1.54, 1.807) is 42.5 Å². The van der Waals surface area contributed by atoms with Crippen LogP contribution < -0.4 is 10.2 Å². The highest BCUT2D eigenvalue weighted by Crippen LogP contribution is 2.16. The summed E-state index contributed by atoms with van der Waals surface area (Å²) in [5, 5.41) is 4.18. The van der Waals surface area contributed by atoms with Gasteiger partial charge in [-0.1, -0.05) is 35.9 Å². The van der Waals surface area contributed by atoms with Crippen LogP contribution in [0, 0.1) is 5.82 Å². The fourth-order valence-corrected chi connectivity index (χ4v) is 1.67. The third-order valence-electron chi connectivity index (χ3n) is 2.46. The third kappa shape index (κ3) is 4.89. The quantitative estimate of drug-likeness (QED) is 0.682. The van der Waals surface area contributed by atoms with Crippen LogP contribution in [-0.4, -0.2) is 18.7 Å². The van der Waals surface area contributed by atoms with E-state index in [9.17, 15) is 9.18 Å². The van der Waals surface area contributed by atoms with Crippen molar-refractivity contribution in [1.29, 1.82) is 0 Å². The molecule has 1 N–H and O–H groups in total. The van der Waals surface area contributed by atoms with Crippen LogP contribution in [-0.2, 0) is 4.79 Å². The van der Waals surface area contributed by atoms with E-state index in [-0.39, 0.29) is 12.2 Å². The molecule has 0 bridgehead atoms. The van der Waals surface area contributed by atoms with Crippen LogP contribution in [0.5, 0.6) is 5.75 Å². The number of carbonyl (C=O) groups is 1. The van der Waals surface area contributed by atoms with E-state index < -0.39 is 11.7 Å². The number of hydrazone groups is 1. The molecule has 21 heavy (non-hydrogen) atoms. The molecule has 1 amide bonds. The van der Waals surface area contributed by atoms with Crippen LogP contribution in [0.2, 0.25) is 5.02 Å². The molecule has 108 valence electrons. The molecule has 2 aromatic rings. The monoisotopic (exact) mass is 306 g/mol. The number of nitrogens with zero attached hydrogens (tertiary/aromatic N) is 1. The average molecular weight is 307 g/mol. The van der Waals surface area contributed by atoms with Crippen LogP contribution in [0.3, 0.4) is 0 Å². The summed E-state index contributed by atoms with van der Waals surface area (Å²) in [4.78, 5) is 11.5. The van der Waals surface area contributed by atoms with Gasteiger partial charge in [0.2, 0.25) is 0 Å². The van der Waals surface area contributed by atoms with Gasteiger partial charge in [0.1, 0.15) is 11.6 Å². The molecule has 0 aliphatic rings. The van der Waals surface area contributed by atoms with Gasteiger partial charge in [0.15, 0.2) is 6.61 Å². The molecule has 6 heteroatoms. The number of carbonyl (C=O) groups excluding carboxylic acids is 1. The van der Waals surface area contributed by atoms with Crippen LogP contribution in [0.15, 0.2) is 53.6 Å². The van der Waals surface area contributed by atoms with Crippen molar-refractivity contribution in [3.8, 4) is 5.75 Å². The van der Waals surface area contributed by atoms with Crippen molar-refractivity contribution in [1.82, 2.24) is 5.43 Å². The van der Waals surface area contributed by atoms with Gasteiger partial charge in [-0.2, -0.15) is 5.10 Å². The molecule has 0 fully saturated rings. The van der Waals surface area contributed by atoms with Gasteiger partial charge in [0, 0.05) is 10.6 Å². The van der Waals surface area contributed by atoms with E-state index >= 15 is 0 Å². The summed E-state index contributed by atoms with van der Waals surface area (Å²) in [5.74, 6) is -0.385. The summed E-state index contributed by atoms with van der Waals surface area (Å²) in [7, 11) is 0. The molecule has 0 atom stereocenters. The maximum atomic E-state index is 13.3. The van der Waals surface area contributed by atoms with Crippen LogP contribution in [0.25, 0.3) is 0 Å². The molecule has 0 spiro atoms. The van der Waals surface area contributed by atoms with Gasteiger partial charge in [-0.15, -0.1) is 0 Å². The summed E-state index contributed by atoms with van der Waals surface area (Å²) in [6, 6.07) is 12.8. The van der Waals surface area contributed by atoms with E-state index in [0.717, 1.165) is 0 Å². The first kappa shape index (κ1) is 15.0. The Balaban J connectivity index is 1.81. The Morgan fingerprint density at radius 1 is 1.29 bits per heavy atom. The lowest BCUT2D eigenvalue weighted by Gasteiger charge is -2.04. The van der Waals surface area contributed by atoms with Crippen molar-refractivity contribution in [2.24, 2.45) is 5.10 Å². The minimum atomic E-state index is -0.456. The average Bonchev–Trinajstić information content (AvgIpc) is 2.47. The van der Waals surface area contributed by atoms with E-state index in [2.05, 4.69) is 10.5 Å².